The molecular formula is C11H18N2OS. The molecule has 1 aliphatic rings. The highest BCUT2D eigenvalue weighted by Gasteiger charge is 2.21. The Morgan fingerprint density at radius 1 is 1.40 bits per heavy atom. The highest BCUT2D eigenvalue weighted by molar-refractivity contribution is 7.05. The Hall–Kier alpha value is -0.480. The number of aliphatic hydroxyl groups is 1. The lowest BCUT2D eigenvalue weighted by molar-refractivity contribution is 0.134. The van der Waals surface area contributed by atoms with Crippen LogP contribution in [-0.2, 0) is 0 Å². The van der Waals surface area contributed by atoms with Crippen LogP contribution in [0.25, 0.3) is 0 Å². The predicted molar refractivity (Wildman–Crippen MR) is 60.8 cm³/mol. The molecule has 1 saturated carbocycles. The van der Waals surface area contributed by atoms with Gasteiger partial charge in [0.1, 0.15) is 0 Å². The van der Waals surface area contributed by atoms with Gasteiger partial charge in [-0.1, -0.05) is 36.6 Å². The Morgan fingerprint density at radius 2 is 2.13 bits per heavy atom. The van der Waals surface area contributed by atoms with Crippen molar-refractivity contribution in [2.24, 2.45) is 5.92 Å². The summed E-state index contributed by atoms with van der Waals surface area (Å²) >= 11 is 1.34. The monoisotopic (exact) mass is 226 g/mol. The SMILES string of the molecule is Cc1nnsc1C(O)CC1CCCCC1. The molecule has 0 amide bonds. The van der Waals surface area contributed by atoms with Crippen LogP contribution >= 0.6 is 11.5 Å². The Balaban J connectivity index is 1.91. The molecule has 1 fully saturated rings. The second kappa shape index (κ2) is 5.03. The second-order valence-corrected chi connectivity index (χ2v) is 5.26. The number of hydrogen-bond acceptors (Lipinski definition) is 4. The third-order valence-electron chi connectivity index (χ3n) is 3.27. The molecule has 0 spiro atoms. The maximum Gasteiger partial charge on any atom is 0.0919 e. The average Bonchev–Trinajstić information content (AvgIpc) is 2.66. The first-order valence-electron chi connectivity index (χ1n) is 5.74. The molecule has 1 heterocycles. The van der Waals surface area contributed by atoms with Crippen molar-refractivity contribution in [2.75, 3.05) is 0 Å². The van der Waals surface area contributed by atoms with Crippen molar-refractivity contribution < 1.29 is 5.11 Å². The first-order valence-corrected chi connectivity index (χ1v) is 6.51. The van der Waals surface area contributed by atoms with E-state index in [9.17, 15) is 5.11 Å². The maximum atomic E-state index is 10.1. The van der Waals surface area contributed by atoms with Crippen LogP contribution in [0.15, 0.2) is 0 Å². The summed E-state index contributed by atoms with van der Waals surface area (Å²) in [6.07, 6.45) is 7.14. The van der Waals surface area contributed by atoms with Crippen molar-refractivity contribution in [3.8, 4) is 0 Å². The van der Waals surface area contributed by atoms with Crippen LogP contribution < -0.4 is 0 Å². The van der Waals surface area contributed by atoms with E-state index in [1.54, 1.807) is 0 Å². The van der Waals surface area contributed by atoms with Crippen LogP contribution in [0.4, 0.5) is 0 Å². The van der Waals surface area contributed by atoms with Gasteiger partial charge < -0.3 is 5.11 Å². The summed E-state index contributed by atoms with van der Waals surface area (Å²) < 4.78 is 3.87. The molecule has 1 aromatic heterocycles. The highest BCUT2D eigenvalue weighted by atomic mass is 32.1. The second-order valence-electron chi connectivity index (χ2n) is 4.48. The van der Waals surface area contributed by atoms with Gasteiger partial charge in [-0.3, -0.25) is 0 Å². The maximum absolute atomic E-state index is 10.1. The molecule has 0 saturated heterocycles. The Morgan fingerprint density at radius 3 is 2.73 bits per heavy atom. The molecule has 84 valence electrons. The number of aryl methyl sites for hydroxylation is 1. The van der Waals surface area contributed by atoms with Gasteiger partial charge in [0.15, 0.2) is 0 Å². The third-order valence-corrected chi connectivity index (χ3v) is 4.20. The molecule has 0 aromatic carbocycles. The number of aromatic nitrogens is 2. The zero-order valence-corrected chi connectivity index (χ0v) is 9.96. The van der Waals surface area contributed by atoms with E-state index in [2.05, 4.69) is 9.59 Å². The Labute approximate surface area is 94.7 Å². The molecule has 1 aliphatic carbocycles. The van der Waals surface area contributed by atoms with E-state index >= 15 is 0 Å². The molecule has 0 aliphatic heterocycles. The van der Waals surface area contributed by atoms with Gasteiger partial charge in [-0.15, -0.1) is 5.10 Å². The third kappa shape index (κ3) is 2.75. The van der Waals surface area contributed by atoms with Crippen LogP contribution in [0.1, 0.15) is 55.2 Å². The highest BCUT2D eigenvalue weighted by Crippen LogP contribution is 2.33. The summed E-state index contributed by atoms with van der Waals surface area (Å²) in [5.74, 6) is 0.704. The Bertz CT molecular complexity index is 307. The van der Waals surface area contributed by atoms with E-state index in [0.29, 0.717) is 5.92 Å². The topological polar surface area (TPSA) is 46.0 Å². The van der Waals surface area contributed by atoms with Crippen LogP contribution in [0.2, 0.25) is 0 Å². The van der Waals surface area contributed by atoms with E-state index in [4.69, 9.17) is 0 Å². The Kier molecular flexibility index (Phi) is 3.70. The standard InChI is InChI=1S/C11H18N2OS/c1-8-11(15-13-12-8)10(14)7-9-5-3-2-4-6-9/h9-10,14H,2-7H2,1H3. The zero-order valence-electron chi connectivity index (χ0n) is 9.15. The van der Waals surface area contributed by atoms with Crippen molar-refractivity contribution in [3.05, 3.63) is 10.6 Å². The molecule has 0 radical (unpaired) electrons. The van der Waals surface area contributed by atoms with Gasteiger partial charge in [0.25, 0.3) is 0 Å². The molecule has 0 bridgehead atoms. The summed E-state index contributed by atoms with van der Waals surface area (Å²) in [6, 6.07) is 0. The fourth-order valence-corrected chi connectivity index (χ4v) is 3.03. The lowest BCUT2D eigenvalue weighted by atomic mass is 9.85. The minimum Gasteiger partial charge on any atom is -0.387 e. The molecule has 2 rings (SSSR count). The van der Waals surface area contributed by atoms with Gasteiger partial charge in [0, 0.05) is 0 Å². The van der Waals surface area contributed by atoms with Crippen molar-refractivity contribution in [1.29, 1.82) is 0 Å². The molecule has 1 atom stereocenters. The number of rotatable bonds is 3. The van der Waals surface area contributed by atoms with E-state index in [-0.39, 0.29) is 6.10 Å². The van der Waals surface area contributed by atoms with Gasteiger partial charge in [0.05, 0.1) is 16.7 Å². The van der Waals surface area contributed by atoms with Crippen molar-refractivity contribution in [3.63, 3.8) is 0 Å². The van der Waals surface area contributed by atoms with E-state index in [1.165, 1.54) is 43.6 Å². The van der Waals surface area contributed by atoms with E-state index in [1.807, 2.05) is 6.92 Å². The first kappa shape index (κ1) is 11.0. The predicted octanol–water partition coefficient (Wildman–Crippen LogP) is 2.85. The van der Waals surface area contributed by atoms with Gasteiger partial charge in [-0.05, 0) is 30.8 Å². The summed E-state index contributed by atoms with van der Waals surface area (Å²) in [7, 11) is 0. The largest absolute Gasteiger partial charge is 0.387 e. The lowest BCUT2D eigenvalue weighted by Gasteiger charge is -2.23. The summed E-state index contributed by atoms with van der Waals surface area (Å²) in [5, 5.41) is 14.0. The summed E-state index contributed by atoms with van der Waals surface area (Å²) in [5.41, 5.74) is 0.892. The zero-order chi connectivity index (χ0) is 10.7. The summed E-state index contributed by atoms with van der Waals surface area (Å²) in [4.78, 5) is 0.959. The van der Waals surface area contributed by atoms with Crippen LogP contribution in [0, 0.1) is 12.8 Å². The molecule has 4 heteroatoms. The fraction of sp³-hybridized carbons (Fsp3) is 0.818. The van der Waals surface area contributed by atoms with Gasteiger partial charge in [-0.25, -0.2) is 0 Å². The average molecular weight is 226 g/mol. The molecule has 3 nitrogen and oxygen atoms in total. The van der Waals surface area contributed by atoms with Gasteiger partial charge in [-0.2, -0.15) is 0 Å². The summed E-state index contributed by atoms with van der Waals surface area (Å²) in [6.45, 7) is 1.92. The van der Waals surface area contributed by atoms with E-state index in [0.717, 1.165) is 17.0 Å². The van der Waals surface area contributed by atoms with Crippen LogP contribution in [0.5, 0.6) is 0 Å². The minimum absolute atomic E-state index is 0.340. The minimum atomic E-state index is -0.340. The van der Waals surface area contributed by atoms with Gasteiger partial charge in [0.2, 0.25) is 0 Å². The van der Waals surface area contributed by atoms with Crippen molar-refractivity contribution in [1.82, 2.24) is 9.59 Å². The smallest absolute Gasteiger partial charge is 0.0919 e. The molecule has 1 unspecified atom stereocenters. The molecule has 1 aromatic rings. The molecule has 1 N–H and O–H groups in total. The quantitative estimate of drug-likeness (QED) is 0.862. The number of nitrogens with zero attached hydrogens (tertiary/aromatic N) is 2. The van der Waals surface area contributed by atoms with Gasteiger partial charge >= 0.3 is 0 Å². The molecule has 15 heavy (non-hydrogen) atoms. The normalized spacial score (nSPS) is 20.4. The van der Waals surface area contributed by atoms with E-state index < -0.39 is 0 Å². The number of aliphatic hydroxyl groups excluding tert-OH is 1. The van der Waals surface area contributed by atoms with Crippen molar-refractivity contribution >= 4 is 11.5 Å². The van der Waals surface area contributed by atoms with Crippen molar-refractivity contribution in [2.45, 2.75) is 51.6 Å². The lowest BCUT2D eigenvalue weighted by Crippen LogP contribution is -2.11. The van der Waals surface area contributed by atoms with Crippen LogP contribution in [-0.4, -0.2) is 14.7 Å². The first-order chi connectivity index (χ1) is 7.27. The molecular weight excluding hydrogens is 208 g/mol. The fourth-order valence-electron chi connectivity index (χ4n) is 2.39. The number of hydrogen-bond donors (Lipinski definition) is 1. The van der Waals surface area contributed by atoms with Crippen LogP contribution in [0.3, 0.4) is 0 Å².